The average molecular weight is 515 g/mol. The summed E-state index contributed by atoms with van der Waals surface area (Å²) in [5, 5.41) is 4.95. The Balaban J connectivity index is 1.50. The predicted octanol–water partition coefficient (Wildman–Crippen LogP) is 4.82. The fourth-order valence-corrected chi connectivity index (χ4v) is 3.60. The number of hydrogen-bond donors (Lipinski definition) is 2. The monoisotopic (exact) mass is 515 g/mol. The van der Waals surface area contributed by atoms with Crippen molar-refractivity contribution < 1.29 is 32.2 Å². The number of amides is 2. The summed E-state index contributed by atoms with van der Waals surface area (Å²) in [5.41, 5.74) is 0.239. The number of rotatable bonds is 6. The summed E-state index contributed by atoms with van der Waals surface area (Å²) >= 11 is 0. The maximum atomic E-state index is 12.9. The van der Waals surface area contributed by atoms with Crippen molar-refractivity contribution in [2.45, 2.75) is 13.1 Å². The first-order valence-corrected chi connectivity index (χ1v) is 11.5. The second-order valence-electron chi connectivity index (χ2n) is 7.99. The number of anilines is 3. The molecule has 1 aliphatic heterocycles. The first-order valence-electron chi connectivity index (χ1n) is 11.5. The zero-order valence-electron chi connectivity index (χ0n) is 19.8. The molecule has 12 heteroatoms. The molecule has 0 atom stereocenters. The number of morpholine rings is 1. The summed E-state index contributed by atoms with van der Waals surface area (Å²) < 4.78 is 49.2. The van der Waals surface area contributed by atoms with Crippen molar-refractivity contribution in [3.8, 4) is 11.4 Å². The molecule has 2 aromatic carbocycles. The molecule has 1 fully saturated rings. The average Bonchev–Trinajstić information content (AvgIpc) is 2.89. The molecule has 0 aliphatic carbocycles. The lowest BCUT2D eigenvalue weighted by atomic mass is 10.2. The second-order valence-corrected chi connectivity index (χ2v) is 7.99. The summed E-state index contributed by atoms with van der Waals surface area (Å²) in [6.07, 6.45) is -4.52. The number of hydrogen-bond acceptors (Lipinski definition) is 7. The number of esters is 1. The van der Waals surface area contributed by atoms with Crippen LogP contribution in [0, 0.1) is 0 Å². The fraction of sp³-hybridized carbons (Fsp3) is 0.280. The van der Waals surface area contributed by atoms with Gasteiger partial charge in [-0.05, 0) is 49.4 Å². The van der Waals surface area contributed by atoms with Crippen LogP contribution in [-0.4, -0.2) is 54.9 Å². The van der Waals surface area contributed by atoms with E-state index in [2.05, 4.69) is 20.6 Å². The van der Waals surface area contributed by atoms with Crippen LogP contribution in [0.1, 0.15) is 23.0 Å². The molecule has 2 N–H and O–H groups in total. The molecule has 3 aromatic rings. The Morgan fingerprint density at radius 2 is 1.70 bits per heavy atom. The summed E-state index contributed by atoms with van der Waals surface area (Å²) in [6.45, 7) is 4.21. The molecule has 1 saturated heterocycles. The highest BCUT2D eigenvalue weighted by atomic mass is 19.4. The lowest BCUT2D eigenvalue weighted by Gasteiger charge is -2.28. The Labute approximate surface area is 210 Å². The van der Waals surface area contributed by atoms with E-state index in [9.17, 15) is 22.8 Å². The summed E-state index contributed by atoms with van der Waals surface area (Å²) in [5.74, 6) is 0.302. The van der Waals surface area contributed by atoms with Crippen LogP contribution in [0.2, 0.25) is 0 Å². The number of alkyl halides is 3. The van der Waals surface area contributed by atoms with Gasteiger partial charge in [0.25, 0.3) is 0 Å². The van der Waals surface area contributed by atoms with Gasteiger partial charge in [0.2, 0.25) is 0 Å². The molecule has 1 aromatic heterocycles. The number of urea groups is 1. The number of aromatic nitrogens is 2. The van der Waals surface area contributed by atoms with Crippen LogP contribution >= 0.6 is 0 Å². The Kier molecular flexibility index (Phi) is 7.87. The number of halogens is 3. The minimum Gasteiger partial charge on any atom is -0.461 e. The lowest BCUT2D eigenvalue weighted by molar-refractivity contribution is -0.137. The quantitative estimate of drug-likeness (QED) is 0.454. The predicted molar refractivity (Wildman–Crippen MR) is 131 cm³/mol. The maximum Gasteiger partial charge on any atom is 0.416 e. The number of nitrogens with zero attached hydrogens (tertiary/aromatic N) is 3. The molecule has 9 nitrogen and oxygen atoms in total. The van der Waals surface area contributed by atoms with Crippen molar-refractivity contribution in [3.05, 3.63) is 65.9 Å². The summed E-state index contributed by atoms with van der Waals surface area (Å²) in [6, 6.07) is 11.7. The number of carbonyl (C=O) groups excluding carboxylic acids is 2. The third-order valence-electron chi connectivity index (χ3n) is 5.38. The third kappa shape index (κ3) is 6.73. The zero-order valence-corrected chi connectivity index (χ0v) is 19.8. The normalized spacial score (nSPS) is 13.7. The van der Waals surface area contributed by atoms with Gasteiger partial charge in [0.05, 0.1) is 25.4 Å². The van der Waals surface area contributed by atoms with Crippen molar-refractivity contribution in [2.24, 2.45) is 0 Å². The van der Waals surface area contributed by atoms with Crippen molar-refractivity contribution in [1.29, 1.82) is 0 Å². The fourth-order valence-electron chi connectivity index (χ4n) is 3.60. The third-order valence-corrected chi connectivity index (χ3v) is 5.38. The second kappa shape index (κ2) is 11.2. The smallest absolute Gasteiger partial charge is 0.416 e. The van der Waals surface area contributed by atoms with Crippen LogP contribution in [0.5, 0.6) is 0 Å². The molecule has 0 radical (unpaired) electrons. The molecule has 194 valence electrons. The van der Waals surface area contributed by atoms with Crippen molar-refractivity contribution in [2.75, 3.05) is 48.4 Å². The van der Waals surface area contributed by atoms with Gasteiger partial charge >= 0.3 is 18.2 Å². The Morgan fingerprint density at radius 1 is 1.00 bits per heavy atom. The highest BCUT2D eigenvalue weighted by Gasteiger charge is 2.30. The van der Waals surface area contributed by atoms with E-state index in [0.717, 1.165) is 12.1 Å². The van der Waals surface area contributed by atoms with E-state index in [1.54, 1.807) is 37.3 Å². The molecule has 2 amide bonds. The Bertz CT molecular complexity index is 1260. The van der Waals surface area contributed by atoms with E-state index in [1.165, 1.54) is 12.1 Å². The van der Waals surface area contributed by atoms with E-state index in [1.807, 2.05) is 4.90 Å². The van der Waals surface area contributed by atoms with Crippen molar-refractivity contribution in [1.82, 2.24) is 9.97 Å². The molecule has 4 rings (SSSR count). The molecule has 37 heavy (non-hydrogen) atoms. The Morgan fingerprint density at radius 3 is 2.38 bits per heavy atom. The molecule has 0 saturated carbocycles. The topological polar surface area (TPSA) is 106 Å². The molecule has 1 aliphatic rings. The molecule has 0 unspecified atom stereocenters. The minimum atomic E-state index is -4.52. The number of benzene rings is 2. The van der Waals surface area contributed by atoms with Gasteiger partial charge in [-0.3, -0.25) is 0 Å². The van der Waals surface area contributed by atoms with E-state index in [-0.39, 0.29) is 18.0 Å². The van der Waals surface area contributed by atoms with Gasteiger partial charge in [-0.2, -0.15) is 13.2 Å². The van der Waals surface area contributed by atoms with E-state index in [4.69, 9.17) is 9.47 Å². The minimum absolute atomic E-state index is 0.00349. The molecular formula is C25H24F3N5O4. The van der Waals surface area contributed by atoms with Gasteiger partial charge in [-0.1, -0.05) is 6.07 Å². The Hall–Kier alpha value is -4.19. The van der Waals surface area contributed by atoms with Crippen LogP contribution in [0.3, 0.4) is 0 Å². The van der Waals surface area contributed by atoms with Crippen molar-refractivity contribution >= 4 is 29.2 Å². The van der Waals surface area contributed by atoms with Gasteiger partial charge < -0.3 is 25.0 Å². The summed E-state index contributed by atoms with van der Waals surface area (Å²) in [7, 11) is 0. The van der Waals surface area contributed by atoms with Crippen LogP contribution in [0.15, 0.2) is 54.6 Å². The van der Waals surface area contributed by atoms with Crippen LogP contribution in [0.25, 0.3) is 11.4 Å². The first kappa shape index (κ1) is 25.9. The number of carbonyl (C=O) groups is 2. The molecule has 0 bridgehead atoms. The molecule has 2 heterocycles. The van der Waals surface area contributed by atoms with E-state index >= 15 is 0 Å². The summed E-state index contributed by atoms with van der Waals surface area (Å²) in [4.78, 5) is 35.6. The first-order chi connectivity index (χ1) is 17.7. The number of nitrogens with one attached hydrogen (secondary N) is 2. The molecule has 0 spiro atoms. The lowest BCUT2D eigenvalue weighted by Crippen LogP contribution is -2.37. The van der Waals surface area contributed by atoms with E-state index < -0.39 is 23.7 Å². The van der Waals surface area contributed by atoms with Gasteiger partial charge in [0.15, 0.2) is 11.5 Å². The standard InChI is InChI=1S/C25H24F3N5O4/c1-2-37-23(34)20-15-21(33-10-12-36-13-11-33)32-22(31-20)16-6-8-18(9-7-16)29-24(35)30-19-5-3-4-17(14-19)25(26,27)28/h3-9,14-15H,2,10-13H2,1H3,(H2,29,30,35). The van der Waals surface area contributed by atoms with Gasteiger partial charge in [0.1, 0.15) is 5.82 Å². The van der Waals surface area contributed by atoms with Gasteiger partial charge in [-0.15, -0.1) is 0 Å². The van der Waals surface area contributed by atoms with Gasteiger partial charge in [0, 0.05) is 36.1 Å². The molecular weight excluding hydrogens is 491 g/mol. The maximum absolute atomic E-state index is 12.9. The van der Waals surface area contributed by atoms with E-state index in [0.29, 0.717) is 49.2 Å². The van der Waals surface area contributed by atoms with Gasteiger partial charge in [-0.25, -0.2) is 19.6 Å². The van der Waals surface area contributed by atoms with Crippen molar-refractivity contribution in [3.63, 3.8) is 0 Å². The SMILES string of the molecule is CCOC(=O)c1cc(N2CCOCC2)nc(-c2ccc(NC(=O)Nc3cccc(C(F)(F)F)c3)cc2)n1. The largest absolute Gasteiger partial charge is 0.461 e. The van der Waals surface area contributed by atoms with Crippen LogP contribution in [0.4, 0.5) is 35.2 Å². The highest BCUT2D eigenvalue weighted by molar-refractivity contribution is 5.99. The highest BCUT2D eigenvalue weighted by Crippen LogP contribution is 2.30. The van der Waals surface area contributed by atoms with Crippen LogP contribution in [-0.2, 0) is 15.7 Å². The zero-order chi connectivity index (χ0) is 26.4. The van der Waals surface area contributed by atoms with Crippen LogP contribution < -0.4 is 15.5 Å². The number of ether oxygens (including phenoxy) is 2.